The van der Waals surface area contributed by atoms with E-state index in [-0.39, 0.29) is 11.3 Å². The number of carbonyl (C=O) groups excluding carboxylic acids is 3. The Labute approximate surface area is 159 Å². The number of benzene rings is 1. The number of nitrogens with zero attached hydrogens (tertiary/aromatic N) is 2. The van der Waals surface area contributed by atoms with Crippen LogP contribution in [0.5, 0.6) is 5.75 Å². The molecule has 0 saturated heterocycles. The molecule has 28 heavy (non-hydrogen) atoms. The number of imide groups is 1. The third-order valence-electron chi connectivity index (χ3n) is 3.68. The largest absolute Gasteiger partial charge is 0.497 e. The molecule has 2 heterocycles. The van der Waals surface area contributed by atoms with Gasteiger partial charge in [-0.2, -0.15) is 5.10 Å². The topological polar surface area (TPSA) is 113 Å². The molecule has 3 rings (SSSR count). The van der Waals surface area contributed by atoms with Gasteiger partial charge in [0.2, 0.25) is 5.76 Å². The number of ether oxygens (including phenoxy) is 2. The van der Waals surface area contributed by atoms with Crippen molar-refractivity contribution in [1.82, 2.24) is 15.1 Å². The lowest BCUT2D eigenvalue weighted by Crippen LogP contribution is -2.34. The zero-order valence-corrected chi connectivity index (χ0v) is 15.0. The maximum atomic E-state index is 12.0. The highest BCUT2D eigenvalue weighted by atomic mass is 16.5. The van der Waals surface area contributed by atoms with Gasteiger partial charge in [0.05, 0.1) is 13.7 Å². The molecular weight excluding hydrogens is 366 g/mol. The summed E-state index contributed by atoms with van der Waals surface area (Å²) in [6.07, 6.45) is 3.38. The van der Waals surface area contributed by atoms with Gasteiger partial charge in [-0.05, 0) is 42.5 Å². The third-order valence-corrected chi connectivity index (χ3v) is 3.68. The lowest BCUT2D eigenvalue weighted by atomic mass is 10.2. The van der Waals surface area contributed by atoms with Crippen molar-refractivity contribution in [3.63, 3.8) is 0 Å². The molecule has 9 nitrogen and oxygen atoms in total. The highest BCUT2D eigenvalue weighted by Gasteiger charge is 2.16. The zero-order chi connectivity index (χ0) is 19.9. The van der Waals surface area contributed by atoms with E-state index in [0.29, 0.717) is 18.1 Å². The molecule has 0 radical (unpaired) electrons. The summed E-state index contributed by atoms with van der Waals surface area (Å²) in [6.45, 7) is -0.257. The van der Waals surface area contributed by atoms with E-state index >= 15 is 0 Å². The van der Waals surface area contributed by atoms with Crippen molar-refractivity contribution in [2.45, 2.75) is 6.54 Å². The van der Waals surface area contributed by atoms with E-state index in [9.17, 15) is 14.4 Å². The van der Waals surface area contributed by atoms with Gasteiger partial charge in [0.25, 0.3) is 11.8 Å². The second-order valence-electron chi connectivity index (χ2n) is 5.65. The lowest BCUT2D eigenvalue weighted by molar-refractivity contribution is -0.123. The van der Waals surface area contributed by atoms with E-state index in [1.807, 2.05) is 0 Å². The number of esters is 1. The molecule has 1 aromatic carbocycles. The Kier molecular flexibility index (Phi) is 5.85. The summed E-state index contributed by atoms with van der Waals surface area (Å²) in [5.41, 5.74) is 0.273. The maximum absolute atomic E-state index is 12.0. The van der Waals surface area contributed by atoms with Gasteiger partial charge in [-0.25, -0.2) is 4.79 Å². The van der Waals surface area contributed by atoms with Crippen LogP contribution in [0.2, 0.25) is 0 Å². The van der Waals surface area contributed by atoms with Gasteiger partial charge in [-0.15, -0.1) is 0 Å². The Hall–Kier alpha value is -3.88. The number of hydrogen-bond acceptors (Lipinski definition) is 7. The van der Waals surface area contributed by atoms with Crippen LogP contribution in [-0.2, 0) is 16.1 Å². The van der Waals surface area contributed by atoms with Crippen LogP contribution < -0.4 is 10.1 Å². The fourth-order valence-corrected chi connectivity index (χ4v) is 2.31. The number of furan rings is 1. The second kappa shape index (κ2) is 8.67. The summed E-state index contributed by atoms with van der Waals surface area (Å²) in [5.74, 6) is -1.12. The standard InChI is InChI=1S/C19H17N3O6/c1-26-14-5-3-13(4-6-14)18(24)21-17(23)12-27-19(25)16-8-7-15(28-16)11-22-10-2-9-20-22/h2-10H,11-12H2,1H3,(H,21,23,24). The molecule has 9 heteroatoms. The van der Waals surface area contributed by atoms with Gasteiger partial charge in [-0.1, -0.05) is 0 Å². The average molecular weight is 383 g/mol. The molecule has 0 spiro atoms. The molecule has 2 aromatic heterocycles. The SMILES string of the molecule is COc1ccc(C(=O)NC(=O)COC(=O)c2ccc(Cn3cccn3)o2)cc1. The molecule has 3 aromatic rings. The minimum atomic E-state index is -0.807. The van der Waals surface area contributed by atoms with Crippen LogP contribution in [0.15, 0.2) is 59.3 Å². The molecule has 1 N–H and O–H groups in total. The van der Waals surface area contributed by atoms with Crippen LogP contribution in [-0.4, -0.2) is 41.3 Å². The molecule has 0 aliphatic carbocycles. The first-order chi connectivity index (χ1) is 13.5. The zero-order valence-electron chi connectivity index (χ0n) is 15.0. The number of aromatic nitrogens is 2. The Morgan fingerprint density at radius 3 is 2.61 bits per heavy atom. The molecule has 0 aliphatic rings. The highest BCUT2D eigenvalue weighted by molar-refractivity contribution is 6.05. The third kappa shape index (κ3) is 4.85. The van der Waals surface area contributed by atoms with Crippen LogP contribution in [0, 0.1) is 0 Å². The molecule has 0 bridgehead atoms. The molecule has 0 aliphatic heterocycles. The first-order valence-electron chi connectivity index (χ1n) is 8.26. The van der Waals surface area contributed by atoms with Gasteiger partial charge in [0.15, 0.2) is 6.61 Å². The van der Waals surface area contributed by atoms with Gasteiger partial charge in [0.1, 0.15) is 11.5 Å². The fourth-order valence-electron chi connectivity index (χ4n) is 2.31. The average Bonchev–Trinajstić information content (AvgIpc) is 3.38. The minimum Gasteiger partial charge on any atom is -0.497 e. The quantitative estimate of drug-likeness (QED) is 0.617. The predicted octanol–water partition coefficient (Wildman–Crippen LogP) is 1.65. The van der Waals surface area contributed by atoms with Crippen molar-refractivity contribution in [1.29, 1.82) is 0 Å². The van der Waals surface area contributed by atoms with Crippen molar-refractivity contribution in [2.75, 3.05) is 13.7 Å². The minimum absolute atomic E-state index is 0.0450. The molecule has 0 atom stereocenters. The number of hydrogen-bond donors (Lipinski definition) is 1. The van der Waals surface area contributed by atoms with Crippen LogP contribution >= 0.6 is 0 Å². The number of rotatable bonds is 7. The van der Waals surface area contributed by atoms with Crippen molar-refractivity contribution in [3.05, 3.63) is 71.9 Å². The van der Waals surface area contributed by atoms with Gasteiger partial charge in [0, 0.05) is 18.0 Å². The molecule has 0 saturated carbocycles. The first kappa shape index (κ1) is 18.9. The van der Waals surface area contributed by atoms with Crippen molar-refractivity contribution < 1.29 is 28.3 Å². The van der Waals surface area contributed by atoms with Crippen molar-refractivity contribution in [3.8, 4) is 5.75 Å². The maximum Gasteiger partial charge on any atom is 0.374 e. The molecule has 0 fully saturated rings. The van der Waals surface area contributed by atoms with Crippen molar-refractivity contribution >= 4 is 17.8 Å². The lowest BCUT2D eigenvalue weighted by Gasteiger charge is -2.06. The van der Waals surface area contributed by atoms with Crippen LogP contribution in [0.25, 0.3) is 0 Å². The normalized spacial score (nSPS) is 10.3. The number of amides is 2. The van der Waals surface area contributed by atoms with E-state index < -0.39 is 24.4 Å². The second-order valence-corrected chi connectivity index (χ2v) is 5.65. The van der Waals surface area contributed by atoms with Crippen LogP contribution in [0.4, 0.5) is 0 Å². The van der Waals surface area contributed by atoms with Gasteiger partial charge in [-0.3, -0.25) is 19.6 Å². The monoisotopic (exact) mass is 383 g/mol. The summed E-state index contributed by atoms with van der Waals surface area (Å²) < 4.78 is 16.9. The van der Waals surface area contributed by atoms with E-state index in [2.05, 4.69) is 10.4 Å². The highest BCUT2D eigenvalue weighted by Crippen LogP contribution is 2.12. The van der Waals surface area contributed by atoms with E-state index in [1.54, 1.807) is 41.3 Å². The van der Waals surface area contributed by atoms with E-state index in [4.69, 9.17) is 13.9 Å². The fraction of sp³-hybridized carbons (Fsp3) is 0.158. The Balaban J connectivity index is 1.47. The number of nitrogens with one attached hydrogen (secondary N) is 1. The molecule has 2 amide bonds. The van der Waals surface area contributed by atoms with E-state index in [1.165, 1.54) is 25.3 Å². The predicted molar refractivity (Wildman–Crippen MR) is 95.8 cm³/mol. The molecule has 144 valence electrons. The van der Waals surface area contributed by atoms with Gasteiger partial charge >= 0.3 is 5.97 Å². The summed E-state index contributed by atoms with van der Waals surface area (Å²) in [7, 11) is 1.51. The Morgan fingerprint density at radius 2 is 1.93 bits per heavy atom. The van der Waals surface area contributed by atoms with E-state index in [0.717, 1.165) is 0 Å². The summed E-state index contributed by atoms with van der Waals surface area (Å²) in [5, 5.41) is 6.17. The van der Waals surface area contributed by atoms with Crippen molar-refractivity contribution in [2.24, 2.45) is 0 Å². The van der Waals surface area contributed by atoms with Gasteiger partial charge < -0.3 is 13.9 Å². The van der Waals surface area contributed by atoms with Crippen LogP contribution in [0.3, 0.4) is 0 Å². The smallest absolute Gasteiger partial charge is 0.374 e. The Morgan fingerprint density at radius 1 is 1.14 bits per heavy atom. The summed E-state index contributed by atoms with van der Waals surface area (Å²) in [6, 6.07) is 11.0. The van der Waals surface area contributed by atoms with Crippen LogP contribution in [0.1, 0.15) is 26.7 Å². The first-order valence-corrected chi connectivity index (χ1v) is 8.26. The number of methoxy groups -OCH3 is 1. The molecule has 0 unspecified atom stereocenters. The Bertz CT molecular complexity index is 960. The molecular formula is C19H17N3O6. The summed E-state index contributed by atoms with van der Waals surface area (Å²) in [4.78, 5) is 35.8. The summed E-state index contributed by atoms with van der Waals surface area (Å²) >= 11 is 0. The number of carbonyl (C=O) groups is 3.